The fourth-order valence-electron chi connectivity index (χ4n) is 5.67. The Morgan fingerprint density at radius 1 is 1.04 bits per heavy atom. The first kappa shape index (κ1) is 36.7. The first-order valence-electron chi connectivity index (χ1n) is 16.3. The lowest BCUT2D eigenvalue weighted by Gasteiger charge is -2.41. The first-order valence-corrected chi connectivity index (χ1v) is 17.1. The van der Waals surface area contributed by atoms with Gasteiger partial charge in [-0.1, -0.05) is 0 Å². The maximum atomic E-state index is 12.9. The van der Waals surface area contributed by atoms with E-state index in [9.17, 15) is 19.5 Å². The zero-order valence-electron chi connectivity index (χ0n) is 29.0. The van der Waals surface area contributed by atoms with E-state index in [1.807, 2.05) is 24.1 Å². The number of ether oxygens (including phenoxy) is 5. The number of nitrogens with one attached hydrogen (secondary N) is 1. The van der Waals surface area contributed by atoms with Gasteiger partial charge in [0.15, 0.2) is 23.9 Å². The SMILES string of the molecule is COc1ccc(-c2nc(N3CCOCC3)c3sc(CN(C)c4ncc(C(=O)NO[C@@H]5O[C@@H](C)[C@@H](OC(C)=O)[C@@H](O)[C@@H]5OC(C)=O)cn4)cc3n2)cn1. The third kappa shape index (κ3) is 8.34. The van der Waals surface area contributed by atoms with Gasteiger partial charge in [-0.2, -0.15) is 0 Å². The summed E-state index contributed by atoms with van der Waals surface area (Å²) in [4.78, 5) is 69.4. The van der Waals surface area contributed by atoms with Crippen LogP contribution in [0, 0.1) is 0 Å². The molecule has 0 saturated carbocycles. The summed E-state index contributed by atoms with van der Waals surface area (Å²) in [6.45, 7) is 6.91. The lowest BCUT2D eigenvalue weighted by atomic mass is 9.99. The average molecular weight is 739 g/mol. The number of pyridine rings is 1. The lowest BCUT2D eigenvalue weighted by Crippen LogP contribution is -2.60. The molecule has 0 bridgehead atoms. The normalized spacial score (nSPS) is 21.7. The number of aromatic nitrogens is 5. The van der Waals surface area contributed by atoms with Crippen LogP contribution >= 0.6 is 11.3 Å². The molecule has 0 radical (unpaired) electrons. The third-order valence-corrected chi connectivity index (χ3v) is 9.28. The van der Waals surface area contributed by atoms with Gasteiger partial charge in [-0.25, -0.2) is 35.2 Å². The van der Waals surface area contributed by atoms with Gasteiger partial charge in [0, 0.05) is 69.1 Å². The number of hydrogen-bond acceptors (Lipinski definition) is 18. The largest absolute Gasteiger partial charge is 0.481 e. The minimum Gasteiger partial charge on any atom is -0.481 e. The maximum Gasteiger partial charge on any atom is 0.303 e. The second-order valence-corrected chi connectivity index (χ2v) is 13.1. The van der Waals surface area contributed by atoms with E-state index in [2.05, 4.69) is 25.3 Å². The highest BCUT2D eigenvalue weighted by Crippen LogP contribution is 2.35. The molecule has 1 amide bonds. The van der Waals surface area contributed by atoms with Crippen LogP contribution in [-0.2, 0) is 39.9 Å². The number of thiophene rings is 1. The second kappa shape index (κ2) is 16.1. The number of fused-ring (bicyclic) bond motifs is 1. The van der Waals surface area contributed by atoms with Crippen LogP contribution in [0.1, 0.15) is 36.0 Å². The molecule has 2 N–H and O–H groups in total. The summed E-state index contributed by atoms with van der Waals surface area (Å²) in [5.41, 5.74) is 3.85. The van der Waals surface area contributed by atoms with Gasteiger partial charge in [0.25, 0.3) is 5.91 Å². The van der Waals surface area contributed by atoms with E-state index in [-0.39, 0.29) is 5.56 Å². The topological polar surface area (TPSA) is 210 Å². The summed E-state index contributed by atoms with van der Waals surface area (Å²) in [5.74, 6) is 0.127. The number of aliphatic hydroxyl groups is 1. The predicted octanol–water partition coefficient (Wildman–Crippen LogP) is 1.66. The predicted molar refractivity (Wildman–Crippen MR) is 184 cm³/mol. The Kier molecular flexibility index (Phi) is 11.3. The van der Waals surface area contributed by atoms with Crippen LogP contribution in [0.4, 0.5) is 11.8 Å². The van der Waals surface area contributed by atoms with Crippen molar-refractivity contribution in [2.24, 2.45) is 0 Å². The lowest BCUT2D eigenvalue weighted by molar-refractivity contribution is -0.308. The molecule has 6 heterocycles. The minimum absolute atomic E-state index is 0.0659. The number of rotatable bonds is 11. The molecule has 6 rings (SSSR count). The molecule has 0 aliphatic carbocycles. The number of carbonyl (C=O) groups excluding carboxylic acids is 3. The van der Waals surface area contributed by atoms with Crippen molar-refractivity contribution in [1.29, 1.82) is 0 Å². The Bertz CT molecular complexity index is 1890. The van der Waals surface area contributed by atoms with Crippen molar-refractivity contribution in [2.45, 2.75) is 58.0 Å². The van der Waals surface area contributed by atoms with Crippen LogP contribution in [0.3, 0.4) is 0 Å². The smallest absolute Gasteiger partial charge is 0.303 e. The van der Waals surface area contributed by atoms with E-state index in [0.29, 0.717) is 50.5 Å². The van der Waals surface area contributed by atoms with E-state index in [1.54, 1.807) is 30.7 Å². The quantitative estimate of drug-likeness (QED) is 0.166. The van der Waals surface area contributed by atoms with Crippen LogP contribution in [0.15, 0.2) is 36.8 Å². The zero-order valence-corrected chi connectivity index (χ0v) is 29.9. The molecule has 0 spiro atoms. The van der Waals surface area contributed by atoms with E-state index in [0.717, 1.165) is 33.4 Å². The van der Waals surface area contributed by atoms with E-state index in [4.69, 9.17) is 38.5 Å². The molecule has 52 heavy (non-hydrogen) atoms. The molecule has 5 atom stereocenters. The highest BCUT2D eigenvalue weighted by Gasteiger charge is 2.48. The third-order valence-electron chi connectivity index (χ3n) is 8.18. The number of amides is 1. The van der Waals surface area contributed by atoms with E-state index < -0.39 is 48.6 Å². The molecule has 0 aromatic carbocycles. The Hall–Kier alpha value is -5.08. The van der Waals surface area contributed by atoms with Gasteiger partial charge in [0.1, 0.15) is 6.10 Å². The summed E-state index contributed by atoms with van der Waals surface area (Å²) in [7, 11) is 3.39. The average Bonchev–Trinajstić information content (AvgIpc) is 3.55. The Labute approximate surface area is 302 Å². The molecule has 19 heteroatoms. The Morgan fingerprint density at radius 2 is 1.75 bits per heavy atom. The Morgan fingerprint density at radius 3 is 2.40 bits per heavy atom. The molecular formula is C33H38N8O10S. The van der Waals surface area contributed by atoms with Crippen molar-refractivity contribution >= 4 is 51.2 Å². The molecule has 18 nitrogen and oxygen atoms in total. The second-order valence-electron chi connectivity index (χ2n) is 12.0. The van der Waals surface area contributed by atoms with Gasteiger partial charge in [-0.15, -0.1) is 11.3 Å². The number of hydrogen-bond donors (Lipinski definition) is 2. The fourth-order valence-corrected chi connectivity index (χ4v) is 6.83. The van der Waals surface area contributed by atoms with Crippen molar-refractivity contribution in [2.75, 3.05) is 50.3 Å². The fraction of sp³-hybridized carbons (Fsp3) is 0.455. The number of aliphatic hydroxyl groups excluding tert-OH is 1. The van der Waals surface area contributed by atoms with Crippen LogP contribution in [0.2, 0.25) is 0 Å². The first-order chi connectivity index (χ1) is 25.0. The number of nitrogens with zero attached hydrogens (tertiary/aromatic N) is 7. The molecule has 276 valence electrons. The van der Waals surface area contributed by atoms with Gasteiger partial charge >= 0.3 is 11.9 Å². The van der Waals surface area contributed by atoms with Gasteiger partial charge in [0.2, 0.25) is 18.1 Å². The summed E-state index contributed by atoms with van der Waals surface area (Å²) in [6, 6.07) is 5.67. The zero-order chi connectivity index (χ0) is 36.9. The van der Waals surface area contributed by atoms with Gasteiger partial charge in [-0.05, 0) is 19.1 Å². The number of hydroxylamine groups is 1. The highest BCUT2D eigenvalue weighted by molar-refractivity contribution is 7.19. The Balaban J connectivity index is 1.13. The van der Waals surface area contributed by atoms with Gasteiger partial charge in [-0.3, -0.25) is 14.4 Å². The molecule has 2 aliphatic rings. The molecule has 2 saturated heterocycles. The molecule has 4 aromatic heterocycles. The monoisotopic (exact) mass is 738 g/mol. The van der Waals surface area contributed by atoms with Crippen LogP contribution in [-0.4, -0.2) is 119 Å². The van der Waals surface area contributed by atoms with Crippen LogP contribution in [0.5, 0.6) is 5.88 Å². The molecule has 4 aromatic rings. The number of carbonyl (C=O) groups is 3. The molecule has 0 unspecified atom stereocenters. The van der Waals surface area contributed by atoms with Crippen molar-refractivity contribution in [3.8, 4) is 17.3 Å². The molecule has 2 aliphatic heterocycles. The van der Waals surface area contributed by atoms with Crippen molar-refractivity contribution in [3.05, 3.63) is 47.2 Å². The summed E-state index contributed by atoms with van der Waals surface area (Å²) < 4.78 is 27.7. The molecule has 2 fully saturated rings. The van der Waals surface area contributed by atoms with Crippen molar-refractivity contribution in [3.63, 3.8) is 0 Å². The minimum atomic E-state index is -1.48. The summed E-state index contributed by atoms with van der Waals surface area (Å²) >= 11 is 1.58. The van der Waals surface area contributed by atoms with Gasteiger partial charge in [0.05, 0.1) is 48.8 Å². The number of esters is 2. The van der Waals surface area contributed by atoms with Gasteiger partial charge < -0.3 is 38.6 Å². The number of methoxy groups -OCH3 is 1. The van der Waals surface area contributed by atoms with E-state index >= 15 is 0 Å². The van der Waals surface area contributed by atoms with Crippen molar-refractivity contribution in [1.82, 2.24) is 30.4 Å². The number of anilines is 2. The summed E-state index contributed by atoms with van der Waals surface area (Å²) in [5, 5.41) is 10.8. The van der Waals surface area contributed by atoms with Crippen LogP contribution in [0.25, 0.3) is 21.6 Å². The van der Waals surface area contributed by atoms with E-state index in [1.165, 1.54) is 26.2 Å². The van der Waals surface area contributed by atoms with Crippen LogP contribution < -0.4 is 20.0 Å². The highest BCUT2D eigenvalue weighted by atomic mass is 32.1. The summed E-state index contributed by atoms with van der Waals surface area (Å²) in [6.07, 6.45) is -1.92. The maximum absolute atomic E-state index is 12.9. The van der Waals surface area contributed by atoms with Crippen molar-refractivity contribution < 1.29 is 48.0 Å². The molecular weight excluding hydrogens is 700 g/mol. The number of morpholine rings is 1. The standard InChI is InChI=1S/C33H38N8O10S/c1-17-26(49-18(2)42)25(44)27(50-19(3)43)32(48-17)51-39-31(45)21-14-35-33(36-15-21)40(4)16-22-12-23-28(52-22)30(41-8-10-47-11-9-41)38-29(37-23)20-6-7-24(46-5)34-13-20/h6-7,12-15,17,25-27,32,44H,8-11,16H2,1-5H3,(H,39,45)/t17-,25+,26+,27-,32-/m0/s1.